The SMILES string of the molecule is CC(CCc1ncnn1Cc1ccccc1Cl)N1CCN(C)CC1. The van der Waals surface area contributed by atoms with Crippen molar-refractivity contribution in [2.24, 2.45) is 0 Å². The summed E-state index contributed by atoms with van der Waals surface area (Å²) < 4.78 is 1.97. The first-order valence-corrected chi connectivity index (χ1v) is 9.04. The van der Waals surface area contributed by atoms with E-state index in [1.54, 1.807) is 6.33 Å². The van der Waals surface area contributed by atoms with Crippen LogP contribution in [0.1, 0.15) is 24.7 Å². The number of halogens is 1. The fraction of sp³-hybridized carbons (Fsp3) is 0.556. The number of aryl methyl sites for hydroxylation is 1. The summed E-state index contributed by atoms with van der Waals surface area (Å²) in [6.45, 7) is 7.63. The Hall–Kier alpha value is -1.43. The quantitative estimate of drug-likeness (QED) is 0.804. The summed E-state index contributed by atoms with van der Waals surface area (Å²) in [6, 6.07) is 8.49. The third kappa shape index (κ3) is 4.35. The highest BCUT2D eigenvalue weighted by Gasteiger charge is 2.19. The van der Waals surface area contributed by atoms with Crippen LogP contribution in [0.25, 0.3) is 0 Å². The van der Waals surface area contributed by atoms with Crippen LogP contribution in [0.4, 0.5) is 0 Å². The number of nitrogens with zero attached hydrogens (tertiary/aromatic N) is 5. The Morgan fingerprint density at radius 3 is 2.67 bits per heavy atom. The highest BCUT2D eigenvalue weighted by atomic mass is 35.5. The predicted octanol–water partition coefficient (Wildman–Crippen LogP) is 2.55. The summed E-state index contributed by atoms with van der Waals surface area (Å²) in [6.07, 6.45) is 3.69. The topological polar surface area (TPSA) is 37.2 Å². The van der Waals surface area contributed by atoms with Crippen LogP contribution in [0.2, 0.25) is 5.02 Å². The number of rotatable bonds is 6. The van der Waals surface area contributed by atoms with E-state index < -0.39 is 0 Å². The van der Waals surface area contributed by atoms with E-state index in [2.05, 4.69) is 33.9 Å². The molecule has 0 radical (unpaired) electrons. The van der Waals surface area contributed by atoms with Crippen molar-refractivity contribution < 1.29 is 0 Å². The molecule has 1 fully saturated rings. The second kappa shape index (κ2) is 8.10. The van der Waals surface area contributed by atoms with E-state index in [1.165, 1.54) is 0 Å². The van der Waals surface area contributed by atoms with E-state index >= 15 is 0 Å². The predicted molar refractivity (Wildman–Crippen MR) is 97.4 cm³/mol. The van der Waals surface area contributed by atoms with Crippen molar-refractivity contribution in [2.45, 2.75) is 32.4 Å². The van der Waals surface area contributed by atoms with E-state index in [0.717, 1.165) is 55.4 Å². The fourth-order valence-electron chi connectivity index (χ4n) is 3.19. The van der Waals surface area contributed by atoms with Gasteiger partial charge in [-0.3, -0.25) is 4.90 Å². The van der Waals surface area contributed by atoms with Gasteiger partial charge in [-0.05, 0) is 32.0 Å². The van der Waals surface area contributed by atoms with Crippen LogP contribution in [0, 0.1) is 0 Å². The highest BCUT2D eigenvalue weighted by molar-refractivity contribution is 6.31. The maximum absolute atomic E-state index is 6.26. The minimum atomic E-state index is 0.573. The number of hydrogen-bond donors (Lipinski definition) is 0. The van der Waals surface area contributed by atoms with E-state index in [9.17, 15) is 0 Å². The van der Waals surface area contributed by atoms with Crippen LogP contribution in [0.15, 0.2) is 30.6 Å². The molecule has 5 nitrogen and oxygen atoms in total. The van der Waals surface area contributed by atoms with E-state index in [1.807, 2.05) is 28.9 Å². The van der Waals surface area contributed by atoms with E-state index in [0.29, 0.717) is 12.6 Å². The van der Waals surface area contributed by atoms with Crippen molar-refractivity contribution in [1.29, 1.82) is 0 Å². The maximum atomic E-state index is 6.26. The zero-order valence-electron chi connectivity index (χ0n) is 14.5. The molecular weight excluding hydrogens is 322 g/mol. The van der Waals surface area contributed by atoms with Crippen LogP contribution < -0.4 is 0 Å². The average Bonchev–Trinajstić information content (AvgIpc) is 3.02. The molecule has 1 atom stereocenters. The second-order valence-corrected chi connectivity index (χ2v) is 7.06. The van der Waals surface area contributed by atoms with Gasteiger partial charge in [0.15, 0.2) is 0 Å². The molecule has 1 saturated heterocycles. The number of hydrogen-bond acceptors (Lipinski definition) is 4. The molecule has 1 aliphatic heterocycles. The summed E-state index contributed by atoms with van der Waals surface area (Å²) >= 11 is 6.26. The molecule has 0 bridgehead atoms. The fourth-order valence-corrected chi connectivity index (χ4v) is 3.38. The van der Waals surface area contributed by atoms with Crippen molar-refractivity contribution in [2.75, 3.05) is 33.2 Å². The summed E-state index contributed by atoms with van der Waals surface area (Å²) in [5, 5.41) is 5.16. The molecular formula is C18H26ClN5. The molecule has 0 saturated carbocycles. The van der Waals surface area contributed by atoms with Gasteiger partial charge in [0.2, 0.25) is 0 Å². The molecule has 24 heavy (non-hydrogen) atoms. The van der Waals surface area contributed by atoms with Gasteiger partial charge in [-0.25, -0.2) is 9.67 Å². The molecule has 1 aromatic carbocycles. The highest BCUT2D eigenvalue weighted by Crippen LogP contribution is 2.17. The zero-order valence-corrected chi connectivity index (χ0v) is 15.3. The standard InChI is InChI=1S/C18H26ClN5/c1-15(23-11-9-22(2)10-12-23)7-8-18-20-14-21-24(18)13-16-5-3-4-6-17(16)19/h3-6,14-15H,7-13H2,1-2H3. The number of piperazine rings is 1. The first-order valence-electron chi connectivity index (χ1n) is 8.66. The first kappa shape index (κ1) is 17.4. The van der Waals surface area contributed by atoms with Crippen LogP contribution in [0.3, 0.4) is 0 Å². The van der Waals surface area contributed by atoms with E-state index in [-0.39, 0.29) is 0 Å². The van der Waals surface area contributed by atoms with Gasteiger partial charge in [0, 0.05) is 43.7 Å². The molecule has 0 N–H and O–H groups in total. The van der Waals surface area contributed by atoms with Gasteiger partial charge in [-0.1, -0.05) is 29.8 Å². The lowest BCUT2D eigenvalue weighted by Gasteiger charge is -2.36. The Morgan fingerprint density at radius 2 is 1.92 bits per heavy atom. The summed E-state index contributed by atoms with van der Waals surface area (Å²) in [4.78, 5) is 9.42. The Labute approximate surface area is 149 Å². The van der Waals surface area contributed by atoms with Gasteiger partial charge in [-0.2, -0.15) is 5.10 Å². The van der Waals surface area contributed by atoms with Crippen molar-refractivity contribution in [1.82, 2.24) is 24.6 Å². The summed E-state index contributed by atoms with van der Waals surface area (Å²) in [5.74, 6) is 1.04. The lowest BCUT2D eigenvalue weighted by atomic mass is 10.1. The third-order valence-electron chi connectivity index (χ3n) is 4.92. The maximum Gasteiger partial charge on any atom is 0.138 e. The van der Waals surface area contributed by atoms with Crippen molar-refractivity contribution in [3.05, 3.63) is 47.0 Å². The van der Waals surface area contributed by atoms with Gasteiger partial charge in [0.1, 0.15) is 12.2 Å². The Kier molecular flexibility index (Phi) is 5.87. The molecule has 1 aliphatic rings. The number of benzene rings is 1. The van der Waals surface area contributed by atoms with Gasteiger partial charge in [0.05, 0.1) is 6.54 Å². The number of likely N-dealkylation sites (N-methyl/N-ethyl adjacent to an activating group) is 1. The van der Waals surface area contributed by atoms with Crippen molar-refractivity contribution >= 4 is 11.6 Å². The first-order chi connectivity index (χ1) is 11.6. The molecule has 0 aliphatic carbocycles. The smallest absolute Gasteiger partial charge is 0.138 e. The molecule has 2 heterocycles. The Balaban J connectivity index is 1.57. The molecule has 0 spiro atoms. The van der Waals surface area contributed by atoms with Crippen molar-refractivity contribution in [3.8, 4) is 0 Å². The normalized spacial score (nSPS) is 18.0. The minimum Gasteiger partial charge on any atom is -0.304 e. The minimum absolute atomic E-state index is 0.573. The lowest BCUT2D eigenvalue weighted by molar-refractivity contribution is 0.114. The monoisotopic (exact) mass is 347 g/mol. The summed E-state index contributed by atoms with van der Waals surface area (Å²) in [7, 11) is 2.19. The third-order valence-corrected chi connectivity index (χ3v) is 5.29. The van der Waals surface area contributed by atoms with E-state index in [4.69, 9.17) is 11.6 Å². The average molecular weight is 348 g/mol. The van der Waals surface area contributed by atoms with Crippen LogP contribution in [-0.4, -0.2) is 63.8 Å². The van der Waals surface area contributed by atoms with Gasteiger partial charge in [-0.15, -0.1) is 0 Å². The Bertz CT molecular complexity index is 648. The van der Waals surface area contributed by atoms with Crippen LogP contribution >= 0.6 is 11.6 Å². The molecule has 2 aromatic rings. The van der Waals surface area contributed by atoms with Crippen LogP contribution in [-0.2, 0) is 13.0 Å². The summed E-state index contributed by atoms with van der Waals surface area (Å²) in [5.41, 5.74) is 1.08. The molecule has 0 amide bonds. The van der Waals surface area contributed by atoms with Gasteiger partial charge < -0.3 is 4.90 Å². The lowest BCUT2D eigenvalue weighted by Crippen LogP contribution is -2.48. The number of aromatic nitrogens is 3. The molecule has 6 heteroatoms. The van der Waals surface area contributed by atoms with Crippen molar-refractivity contribution in [3.63, 3.8) is 0 Å². The molecule has 3 rings (SSSR count). The Morgan fingerprint density at radius 1 is 1.17 bits per heavy atom. The molecule has 130 valence electrons. The largest absolute Gasteiger partial charge is 0.304 e. The zero-order chi connectivity index (χ0) is 16.9. The second-order valence-electron chi connectivity index (χ2n) is 6.65. The van der Waals surface area contributed by atoms with Crippen LogP contribution in [0.5, 0.6) is 0 Å². The van der Waals surface area contributed by atoms with Gasteiger partial charge in [0.25, 0.3) is 0 Å². The molecule has 1 aromatic heterocycles. The van der Waals surface area contributed by atoms with Gasteiger partial charge >= 0.3 is 0 Å². The molecule has 1 unspecified atom stereocenters.